The summed E-state index contributed by atoms with van der Waals surface area (Å²) in [6.45, 7) is 0. The van der Waals surface area contributed by atoms with Gasteiger partial charge in [-0.25, -0.2) is 5.90 Å². The first-order chi connectivity index (χ1) is 3.35. The SMILES string of the molecule is COB(OC)ON. The maximum absolute atomic E-state index is 4.64. The van der Waals surface area contributed by atoms with E-state index in [4.69, 9.17) is 0 Å². The lowest BCUT2D eigenvalue weighted by atomic mass is 10.2. The molecule has 42 valence electrons. The highest BCUT2D eigenvalue weighted by molar-refractivity contribution is 6.35. The lowest BCUT2D eigenvalue weighted by Crippen LogP contribution is -2.26. The molecule has 0 atom stereocenters. The van der Waals surface area contributed by atoms with Gasteiger partial charge in [0, 0.05) is 14.2 Å². The Bertz CT molecular complexity index is 34.4. The van der Waals surface area contributed by atoms with Crippen LogP contribution in [0.4, 0.5) is 0 Å². The van der Waals surface area contributed by atoms with Crippen molar-refractivity contribution in [3.05, 3.63) is 0 Å². The number of rotatable bonds is 3. The lowest BCUT2D eigenvalue weighted by Gasteiger charge is -2.00. The van der Waals surface area contributed by atoms with E-state index in [9.17, 15) is 0 Å². The molecule has 0 rings (SSSR count). The third-order valence-corrected chi connectivity index (χ3v) is 0.496. The van der Waals surface area contributed by atoms with Crippen LogP contribution in [0.3, 0.4) is 0 Å². The smallest absolute Gasteiger partial charge is 0.388 e. The number of hydrogen-bond donors (Lipinski definition) is 1. The van der Waals surface area contributed by atoms with Gasteiger partial charge in [0.25, 0.3) is 0 Å². The van der Waals surface area contributed by atoms with Crippen LogP contribution in [0.25, 0.3) is 0 Å². The van der Waals surface area contributed by atoms with E-state index in [0.29, 0.717) is 0 Å². The molecule has 0 aromatic rings. The van der Waals surface area contributed by atoms with Crippen molar-refractivity contribution >= 4 is 7.32 Å². The van der Waals surface area contributed by atoms with Crippen molar-refractivity contribution in [1.29, 1.82) is 0 Å². The summed E-state index contributed by atoms with van der Waals surface area (Å²) >= 11 is 0. The van der Waals surface area contributed by atoms with E-state index in [1.807, 2.05) is 0 Å². The topological polar surface area (TPSA) is 53.7 Å². The molecule has 0 aliphatic heterocycles. The summed E-state index contributed by atoms with van der Waals surface area (Å²) in [6.07, 6.45) is 0. The summed E-state index contributed by atoms with van der Waals surface area (Å²) in [5.41, 5.74) is 0. The van der Waals surface area contributed by atoms with Gasteiger partial charge in [0.1, 0.15) is 0 Å². The molecular formula is C2H8BNO3. The van der Waals surface area contributed by atoms with Crippen molar-refractivity contribution in [3.63, 3.8) is 0 Å². The van der Waals surface area contributed by atoms with Crippen LogP contribution in [0.1, 0.15) is 0 Å². The van der Waals surface area contributed by atoms with Crippen molar-refractivity contribution in [2.24, 2.45) is 5.90 Å². The normalized spacial score (nSPS) is 9.00. The number of nitrogens with two attached hydrogens (primary N) is 1. The molecule has 0 bridgehead atoms. The molecule has 0 saturated carbocycles. The van der Waals surface area contributed by atoms with Gasteiger partial charge in [0.05, 0.1) is 0 Å². The molecule has 0 aliphatic rings. The van der Waals surface area contributed by atoms with E-state index in [2.05, 4.69) is 20.0 Å². The van der Waals surface area contributed by atoms with Crippen LogP contribution >= 0.6 is 0 Å². The lowest BCUT2D eigenvalue weighted by molar-refractivity contribution is 0.137. The average Bonchev–Trinajstić information content (AvgIpc) is 1.72. The Balaban J connectivity index is 2.99. The summed E-state index contributed by atoms with van der Waals surface area (Å²) in [4.78, 5) is 0. The third kappa shape index (κ3) is 2.58. The minimum atomic E-state index is -0.736. The molecule has 7 heavy (non-hydrogen) atoms. The van der Waals surface area contributed by atoms with E-state index in [-0.39, 0.29) is 0 Å². The first-order valence-electron chi connectivity index (χ1n) is 1.76. The van der Waals surface area contributed by atoms with Gasteiger partial charge in [-0.15, -0.1) is 0 Å². The molecule has 0 aromatic heterocycles. The Morgan fingerprint density at radius 2 is 1.71 bits per heavy atom. The fourth-order valence-electron chi connectivity index (χ4n) is 0.207. The molecular weight excluding hydrogens is 96.8 g/mol. The number of hydrogen-bond acceptors (Lipinski definition) is 4. The van der Waals surface area contributed by atoms with Crippen molar-refractivity contribution in [1.82, 2.24) is 0 Å². The van der Waals surface area contributed by atoms with Gasteiger partial charge in [-0.3, -0.25) is 0 Å². The Morgan fingerprint density at radius 3 is 1.71 bits per heavy atom. The molecule has 5 heteroatoms. The molecule has 0 aromatic carbocycles. The average molecular weight is 105 g/mol. The fraction of sp³-hybridized carbons (Fsp3) is 1.00. The summed E-state index contributed by atoms with van der Waals surface area (Å²) in [5.74, 6) is 4.64. The molecule has 0 fully saturated rings. The third-order valence-electron chi connectivity index (χ3n) is 0.496. The Kier molecular flexibility index (Phi) is 4.02. The molecule has 0 radical (unpaired) electrons. The molecule has 0 saturated heterocycles. The van der Waals surface area contributed by atoms with Crippen molar-refractivity contribution < 1.29 is 14.1 Å². The molecule has 0 spiro atoms. The first kappa shape index (κ1) is 6.90. The Hall–Kier alpha value is -0.0951. The van der Waals surface area contributed by atoms with E-state index in [1.165, 1.54) is 14.2 Å². The highest BCUT2D eigenvalue weighted by Crippen LogP contribution is 1.78. The maximum Gasteiger partial charge on any atom is 0.656 e. The highest BCUT2D eigenvalue weighted by Gasteiger charge is 2.13. The van der Waals surface area contributed by atoms with Crippen LogP contribution in [0, 0.1) is 0 Å². The van der Waals surface area contributed by atoms with Gasteiger partial charge in [-0.2, -0.15) is 0 Å². The van der Waals surface area contributed by atoms with E-state index in [1.54, 1.807) is 0 Å². The van der Waals surface area contributed by atoms with Gasteiger partial charge in [0.2, 0.25) is 0 Å². The molecule has 2 N–H and O–H groups in total. The predicted molar refractivity (Wildman–Crippen MR) is 25.0 cm³/mol. The van der Waals surface area contributed by atoms with Gasteiger partial charge >= 0.3 is 7.32 Å². The van der Waals surface area contributed by atoms with Gasteiger partial charge in [0.15, 0.2) is 0 Å². The summed E-state index contributed by atoms with van der Waals surface area (Å²) in [5, 5.41) is 0. The highest BCUT2D eigenvalue weighted by atomic mass is 16.8. The van der Waals surface area contributed by atoms with Crippen LogP contribution in [-0.4, -0.2) is 21.5 Å². The minimum absolute atomic E-state index is 0.736. The van der Waals surface area contributed by atoms with Crippen LogP contribution < -0.4 is 5.90 Å². The van der Waals surface area contributed by atoms with E-state index in [0.717, 1.165) is 0 Å². The standard InChI is InChI=1S/C2H8BNO3/c1-5-3(6-2)7-4/h4H2,1-2H3. The largest absolute Gasteiger partial charge is 0.656 e. The molecule has 0 unspecified atom stereocenters. The summed E-state index contributed by atoms with van der Waals surface area (Å²) < 4.78 is 13.1. The Labute approximate surface area is 42.7 Å². The second-order valence-corrected chi connectivity index (χ2v) is 0.896. The zero-order valence-corrected chi connectivity index (χ0v) is 4.38. The summed E-state index contributed by atoms with van der Waals surface area (Å²) in [7, 11) is 2.13. The Morgan fingerprint density at radius 1 is 1.29 bits per heavy atom. The first-order valence-corrected chi connectivity index (χ1v) is 1.76. The van der Waals surface area contributed by atoms with Crippen LogP contribution in [0.15, 0.2) is 0 Å². The molecule has 0 aliphatic carbocycles. The maximum atomic E-state index is 4.64. The zero-order valence-electron chi connectivity index (χ0n) is 4.38. The fourth-order valence-corrected chi connectivity index (χ4v) is 0.207. The quantitative estimate of drug-likeness (QED) is 0.375. The van der Waals surface area contributed by atoms with Gasteiger partial charge < -0.3 is 14.1 Å². The van der Waals surface area contributed by atoms with Crippen LogP contribution in [0.2, 0.25) is 0 Å². The van der Waals surface area contributed by atoms with Gasteiger partial charge in [-0.1, -0.05) is 0 Å². The second-order valence-electron chi connectivity index (χ2n) is 0.896. The van der Waals surface area contributed by atoms with Crippen molar-refractivity contribution in [3.8, 4) is 0 Å². The second kappa shape index (κ2) is 4.07. The molecule has 0 heterocycles. The van der Waals surface area contributed by atoms with Crippen LogP contribution in [-0.2, 0) is 14.1 Å². The molecule has 4 nitrogen and oxygen atoms in total. The van der Waals surface area contributed by atoms with Gasteiger partial charge in [-0.05, 0) is 0 Å². The molecule has 0 amide bonds. The van der Waals surface area contributed by atoms with E-state index < -0.39 is 7.32 Å². The van der Waals surface area contributed by atoms with Crippen molar-refractivity contribution in [2.75, 3.05) is 14.2 Å². The minimum Gasteiger partial charge on any atom is -0.388 e. The van der Waals surface area contributed by atoms with E-state index >= 15 is 0 Å². The predicted octanol–water partition coefficient (Wildman–Crippen LogP) is -0.846. The summed E-state index contributed by atoms with van der Waals surface area (Å²) in [6, 6.07) is 0. The van der Waals surface area contributed by atoms with Crippen molar-refractivity contribution in [2.45, 2.75) is 0 Å². The monoisotopic (exact) mass is 105 g/mol. The zero-order chi connectivity index (χ0) is 5.70. The van der Waals surface area contributed by atoms with Crippen LogP contribution in [0.5, 0.6) is 0 Å².